The van der Waals surface area contributed by atoms with Crippen LogP contribution < -0.4 is 0 Å². The second-order valence-corrected chi connectivity index (χ2v) is 16.4. The molecule has 0 unspecified atom stereocenters. The van der Waals surface area contributed by atoms with Gasteiger partial charge in [0.2, 0.25) is 0 Å². The first-order chi connectivity index (χ1) is 31.3. The number of pyridine rings is 1. The molecule has 0 N–H and O–H groups in total. The first-order valence-electron chi connectivity index (χ1n) is 21.5. The van der Waals surface area contributed by atoms with Gasteiger partial charge in [0, 0.05) is 61.0 Å². The Morgan fingerprint density at radius 3 is 1.37 bits per heavy atom. The van der Waals surface area contributed by atoms with Crippen molar-refractivity contribution in [3.05, 3.63) is 231 Å². The highest BCUT2D eigenvalue weighted by molar-refractivity contribution is 6.14. The summed E-state index contributed by atoms with van der Waals surface area (Å²) in [6, 6.07) is 81.5. The molecule has 9 aromatic carbocycles. The van der Waals surface area contributed by atoms with E-state index < -0.39 is 0 Å². The number of benzene rings is 9. The summed E-state index contributed by atoms with van der Waals surface area (Å²) in [5.74, 6) is 0. The summed E-state index contributed by atoms with van der Waals surface area (Å²) in [5.41, 5.74) is 17.3. The summed E-state index contributed by atoms with van der Waals surface area (Å²) in [6.07, 6.45) is 1.86. The number of fused-ring (bicyclic) bond motifs is 9. The van der Waals surface area contributed by atoms with Gasteiger partial charge in [0.15, 0.2) is 0 Å². The maximum absolute atomic E-state index is 4.69. The van der Waals surface area contributed by atoms with E-state index in [2.05, 4.69) is 231 Å². The fraction of sp³-hybridized carbons (Fsp3) is 0. The number of hydrogen-bond acceptors (Lipinski definition) is 1. The normalized spacial score (nSPS) is 11.8. The van der Waals surface area contributed by atoms with Crippen LogP contribution in [0.1, 0.15) is 0 Å². The minimum absolute atomic E-state index is 0.960. The number of para-hydroxylation sites is 4. The lowest BCUT2D eigenvalue weighted by Crippen LogP contribution is -1.98. The summed E-state index contributed by atoms with van der Waals surface area (Å²) in [7, 11) is 0. The quantitative estimate of drug-likeness (QED) is 0.165. The van der Waals surface area contributed by atoms with Gasteiger partial charge < -0.3 is 13.7 Å². The molecule has 4 heterocycles. The van der Waals surface area contributed by atoms with Crippen LogP contribution in [-0.4, -0.2) is 18.7 Å². The van der Waals surface area contributed by atoms with Crippen LogP contribution in [0.4, 0.5) is 0 Å². The van der Waals surface area contributed by atoms with Crippen molar-refractivity contribution < 1.29 is 0 Å². The lowest BCUT2D eigenvalue weighted by Gasteiger charge is -2.16. The zero-order valence-corrected chi connectivity index (χ0v) is 34.2. The first-order valence-corrected chi connectivity index (χ1v) is 21.5. The van der Waals surface area contributed by atoms with Gasteiger partial charge >= 0.3 is 0 Å². The molecule has 0 aliphatic carbocycles. The van der Waals surface area contributed by atoms with E-state index in [1.165, 1.54) is 82.1 Å². The van der Waals surface area contributed by atoms with E-state index in [0.29, 0.717) is 0 Å². The van der Waals surface area contributed by atoms with E-state index in [0.717, 1.165) is 33.9 Å². The Morgan fingerprint density at radius 1 is 0.270 bits per heavy atom. The molecule has 4 heteroatoms. The van der Waals surface area contributed by atoms with Gasteiger partial charge in [0.25, 0.3) is 0 Å². The Balaban J connectivity index is 0.967. The Bertz CT molecular complexity index is 3890. The van der Waals surface area contributed by atoms with E-state index in [1.54, 1.807) is 0 Å². The molecule has 13 aromatic rings. The zero-order valence-electron chi connectivity index (χ0n) is 34.2. The molecule has 0 saturated carbocycles. The molecule has 294 valence electrons. The van der Waals surface area contributed by atoms with Crippen LogP contribution in [0.2, 0.25) is 0 Å². The van der Waals surface area contributed by atoms with E-state index in [9.17, 15) is 0 Å². The lowest BCUT2D eigenvalue weighted by atomic mass is 9.99. The van der Waals surface area contributed by atoms with Crippen LogP contribution in [-0.2, 0) is 0 Å². The van der Waals surface area contributed by atoms with E-state index in [4.69, 9.17) is 0 Å². The van der Waals surface area contributed by atoms with Crippen LogP contribution in [0.15, 0.2) is 231 Å². The van der Waals surface area contributed by atoms with E-state index in [-0.39, 0.29) is 0 Å². The van der Waals surface area contributed by atoms with Crippen LogP contribution in [0, 0.1) is 0 Å². The van der Waals surface area contributed by atoms with Crippen molar-refractivity contribution in [2.75, 3.05) is 0 Å². The van der Waals surface area contributed by atoms with Gasteiger partial charge in [-0.1, -0.05) is 127 Å². The first kappa shape index (κ1) is 35.3. The SMILES string of the molecule is c1ccc(-c2cc(-c3ccccn3)ccc2-n2c3ccccc3c3cc(-c4ccc5c(c4)c4ccccc4n5-c4ccc5c(c4)c4ccccc4n5-c4ccccc4)ccc32)cc1. The molecule has 0 amide bonds. The van der Waals surface area contributed by atoms with E-state index in [1.807, 2.05) is 18.3 Å². The zero-order chi connectivity index (χ0) is 41.4. The Hall–Kier alpha value is -8.47. The monoisotopic (exact) mass is 802 g/mol. The number of nitrogens with zero attached hydrogens (tertiary/aromatic N) is 4. The third-order valence-corrected chi connectivity index (χ3v) is 12.9. The number of hydrogen-bond donors (Lipinski definition) is 0. The molecule has 13 rings (SSSR count). The molecule has 0 aliphatic heterocycles. The van der Waals surface area contributed by atoms with Crippen molar-refractivity contribution >= 4 is 65.4 Å². The van der Waals surface area contributed by atoms with Gasteiger partial charge in [-0.2, -0.15) is 0 Å². The minimum Gasteiger partial charge on any atom is -0.309 e. The van der Waals surface area contributed by atoms with Crippen molar-refractivity contribution in [1.29, 1.82) is 0 Å². The molecule has 0 saturated heterocycles. The van der Waals surface area contributed by atoms with Gasteiger partial charge in [0.05, 0.1) is 44.5 Å². The van der Waals surface area contributed by atoms with Crippen LogP contribution in [0.3, 0.4) is 0 Å². The third-order valence-electron chi connectivity index (χ3n) is 12.9. The predicted octanol–water partition coefficient (Wildman–Crippen LogP) is 15.4. The smallest absolute Gasteiger partial charge is 0.0702 e. The highest BCUT2D eigenvalue weighted by Gasteiger charge is 2.20. The average molecular weight is 803 g/mol. The van der Waals surface area contributed by atoms with Crippen molar-refractivity contribution in [2.45, 2.75) is 0 Å². The highest BCUT2D eigenvalue weighted by atomic mass is 15.0. The predicted molar refractivity (Wildman–Crippen MR) is 264 cm³/mol. The van der Waals surface area contributed by atoms with Gasteiger partial charge in [0.1, 0.15) is 0 Å². The Morgan fingerprint density at radius 2 is 0.746 bits per heavy atom. The molecule has 4 aromatic heterocycles. The van der Waals surface area contributed by atoms with Crippen LogP contribution in [0.5, 0.6) is 0 Å². The molecule has 0 radical (unpaired) electrons. The third kappa shape index (κ3) is 5.52. The second kappa shape index (κ2) is 14.1. The standard InChI is InChI=1S/C59H38N4/c1-3-15-39(16-4-1)48-37-42(52-22-13-14-34-60-52)28-32-56(48)63-55-25-12-9-20-46(55)50-36-41(27-31-59(50)63)40-26-30-57-49(35-40)45-19-7-11-24-54(45)62(57)44-29-33-58-51(38-44)47-21-8-10-23-53(47)61(58)43-17-5-2-6-18-43/h1-38H. The molecule has 0 fully saturated rings. The van der Waals surface area contributed by atoms with Crippen LogP contribution >= 0.6 is 0 Å². The lowest BCUT2D eigenvalue weighted by molar-refractivity contribution is 1.17. The highest BCUT2D eigenvalue weighted by Crippen LogP contribution is 2.42. The molecule has 0 aliphatic rings. The summed E-state index contributed by atoms with van der Waals surface area (Å²) in [5, 5.41) is 7.41. The van der Waals surface area contributed by atoms with Gasteiger partial charge in [-0.25, -0.2) is 0 Å². The van der Waals surface area contributed by atoms with Gasteiger partial charge in [-0.05, 0) is 114 Å². The summed E-state index contributed by atoms with van der Waals surface area (Å²) in [4.78, 5) is 4.69. The number of aromatic nitrogens is 4. The largest absolute Gasteiger partial charge is 0.309 e. The summed E-state index contributed by atoms with van der Waals surface area (Å²) >= 11 is 0. The Labute approximate surface area is 363 Å². The molecule has 0 bridgehead atoms. The van der Waals surface area contributed by atoms with Crippen molar-refractivity contribution in [3.63, 3.8) is 0 Å². The number of rotatable bonds is 6. The molecule has 4 nitrogen and oxygen atoms in total. The average Bonchev–Trinajstić information content (AvgIpc) is 3.99. The topological polar surface area (TPSA) is 27.7 Å². The van der Waals surface area contributed by atoms with Gasteiger partial charge in [-0.3, -0.25) is 4.98 Å². The summed E-state index contributed by atoms with van der Waals surface area (Å²) < 4.78 is 7.25. The Kier molecular flexibility index (Phi) is 7.87. The van der Waals surface area contributed by atoms with Crippen molar-refractivity contribution in [2.24, 2.45) is 0 Å². The van der Waals surface area contributed by atoms with Crippen molar-refractivity contribution in [3.8, 4) is 50.6 Å². The minimum atomic E-state index is 0.960. The maximum Gasteiger partial charge on any atom is 0.0702 e. The van der Waals surface area contributed by atoms with Gasteiger partial charge in [-0.15, -0.1) is 0 Å². The fourth-order valence-electron chi connectivity index (χ4n) is 10.1. The second-order valence-electron chi connectivity index (χ2n) is 16.4. The fourth-order valence-corrected chi connectivity index (χ4v) is 10.1. The molecular formula is C59H38N4. The molecule has 0 spiro atoms. The summed E-state index contributed by atoms with van der Waals surface area (Å²) in [6.45, 7) is 0. The van der Waals surface area contributed by atoms with Crippen LogP contribution in [0.25, 0.3) is 116 Å². The molecular weight excluding hydrogens is 765 g/mol. The van der Waals surface area contributed by atoms with Crippen molar-refractivity contribution in [1.82, 2.24) is 18.7 Å². The molecule has 0 atom stereocenters. The maximum atomic E-state index is 4.69. The van der Waals surface area contributed by atoms with E-state index >= 15 is 0 Å². The molecule has 63 heavy (non-hydrogen) atoms.